The summed E-state index contributed by atoms with van der Waals surface area (Å²) >= 11 is 0. The summed E-state index contributed by atoms with van der Waals surface area (Å²) in [4.78, 5) is 2.69. The normalized spacial score (nSPS) is 37.4. The lowest BCUT2D eigenvalue weighted by atomic mass is 10.0. The Kier molecular flexibility index (Phi) is 2.04. The monoisotopic (exact) mass is 182 g/mol. The second kappa shape index (κ2) is 3.23. The van der Waals surface area contributed by atoms with Crippen molar-refractivity contribution in [2.75, 3.05) is 32.8 Å². The van der Waals surface area contributed by atoms with E-state index in [1.54, 1.807) is 0 Å². The van der Waals surface area contributed by atoms with Gasteiger partial charge in [-0.05, 0) is 18.8 Å². The third-order valence-electron chi connectivity index (χ3n) is 3.60. The number of hydrogen-bond donors (Lipinski definition) is 1. The highest BCUT2D eigenvalue weighted by molar-refractivity contribution is 4.96. The Labute approximate surface area is 79.4 Å². The Morgan fingerprint density at radius 2 is 2.08 bits per heavy atom. The van der Waals surface area contributed by atoms with Crippen molar-refractivity contribution in [2.24, 2.45) is 5.92 Å². The topological polar surface area (TPSA) is 24.5 Å². The summed E-state index contributed by atoms with van der Waals surface area (Å²) in [5.74, 6) is 0.959. The highest BCUT2D eigenvalue weighted by Crippen LogP contribution is 2.37. The van der Waals surface area contributed by atoms with E-state index < -0.39 is 0 Å². The minimum absolute atomic E-state index is 0.751. The van der Waals surface area contributed by atoms with Crippen molar-refractivity contribution in [1.82, 2.24) is 10.2 Å². The van der Waals surface area contributed by atoms with Crippen LogP contribution in [-0.4, -0.2) is 49.8 Å². The smallest absolute Gasteiger partial charge is 0.0625 e. The van der Waals surface area contributed by atoms with Gasteiger partial charge < -0.3 is 10.1 Å². The van der Waals surface area contributed by atoms with Gasteiger partial charge in [0.15, 0.2) is 0 Å². The average molecular weight is 182 g/mol. The molecule has 3 nitrogen and oxygen atoms in total. The standard InChI is InChI=1S/C10H18N2O/c1-2-8(1)10-7-13-4-3-12(10)9-5-11-6-9/h8-11H,1-7H2. The SMILES string of the molecule is C1CN(C2CNC2)C(C2CC2)CO1. The first kappa shape index (κ1) is 8.21. The molecule has 0 aromatic rings. The molecular formula is C10H18N2O. The predicted octanol–water partition coefficient (Wildman–Crippen LogP) is 0.0690. The molecule has 3 rings (SSSR count). The van der Waals surface area contributed by atoms with Crippen molar-refractivity contribution >= 4 is 0 Å². The van der Waals surface area contributed by atoms with Crippen LogP contribution in [0.2, 0.25) is 0 Å². The first-order chi connectivity index (χ1) is 6.45. The van der Waals surface area contributed by atoms with E-state index >= 15 is 0 Å². The fraction of sp³-hybridized carbons (Fsp3) is 1.00. The number of nitrogens with one attached hydrogen (secondary N) is 1. The number of morpholine rings is 1. The first-order valence-corrected chi connectivity index (χ1v) is 5.49. The fourth-order valence-electron chi connectivity index (χ4n) is 2.48. The van der Waals surface area contributed by atoms with Crippen molar-refractivity contribution in [2.45, 2.75) is 24.9 Å². The van der Waals surface area contributed by atoms with Gasteiger partial charge in [0, 0.05) is 31.7 Å². The summed E-state index contributed by atoms with van der Waals surface area (Å²) in [6.07, 6.45) is 2.87. The number of ether oxygens (including phenoxy) is 1. The fourth-order valence-corrected chi connectivity index (χ4v) is 2.48. The van der Waals surface area contributed by atoms with E-state index in [-0.39, 0.29) is 0 Å². The molecule has 1 unspecified atom stereocenters. The van der Waals surface area contributed by atoms with Crippen molar-refractivity contribution in [3.8, 4) is 0 Å². The van der Waals surface area contributed by atoms with E-state index in [9.17, 15) is 0 Å². The number of nitrogens with zero attached hydrogens (tertiary/aromatic N) is 1. The molecule has 3 heteroatoms. The molecule has 0 aromatic heterocycles. The van der Waals surface area contributed by atoms with Gasteiger partial charge in [-0.1, -0.05) is 0 Å². The molecule has 1 atom stereocenters. The molecule has 1 aliphatic carbocycles. The summed E-state index contributed by atoms with van der Waals surface area (Å²) in [5.41, 5.74) is 0. The van der Waals surface area contributed by atoms with Crippen LogP contribution < -0.4 is 5.32 Å². The van der Waals surface area contributed by atoms with Crippen LogP contribution in [0.4, 0.5) is 0 Å². The van der Waals surface area contributed by atoms with Crippen LogP contribution >= 0.6 is 0 Å². The molecule has 3 fully saturated rings. The molecule has 2 heterocycles. The molecule has 1 saturated carbocycles. The zero-order valence-corrected chi connectivity index (χ0v) is 8.04. The second-order valence-electron chi connectivity index (χ2n) is 4.53. The molecule has 0 spiro atoms. The van der Waals surface area contributed by atoms with Crippen LogP contribution in [0, 0.1) is 5.92 Å². The second-order valence-corrected chi connectivity index (χ2v) is 4.53. The van der Waals surface area contributed by atoms with Gasteiger partial charge in [-0.25, -0.2) is 0 Å². The summed E-state index contributed by atoms with van der Waals surface area (Å²) < 4.78 is 5.57. The molecular weight excluding hydrogens is 164 g/mol. The lowest BCUT2D eigenvalue weighted by molar-refractivity contribution is -0.0467. The summed E-state index contributed by atoms with van der Waals surface area (Å²) in [6, 6.07) is 1.57. The van der Waals surface area contributed by atoms with Crippen molar-refractivity contribution in [1.29, 1.82) is 0 Å². The Morgan fingerprint density at radius 1 is 1.23 bits per heavy atom. The van der Waals surface area contributed by atoms with Gasteiger partial charge in [0.2, 0.25) is 0 Å². The zero-order chi connectivity index (χ0) is 8.67. The van der Waals surface area contributed by atoms with E-state index in [4.69, 9.17) is 4.74 Å². The molecule has 13 heavy (non-hydrogen) atoms. The minimum atomic E-state index is 0.751. The molecule has 2 saturated heterocycles. The summed E-state index contributed by atoms with van der Waals surface area (Å²) in [7, 11) is 0. The van der Waals surface area contributed by atoms with Gasteiger partial charge in [-0.15, -0.1) is 0 Å². The van der Waals surface area contributed by atoms with Gasteiger partial charge in [0.25, 0.3) is 0 Å². The highest BCUT2D eigenvalue weighted by Gasteiger charge is 2.40. The van der Waals surface area contributed by atoms with Crippen LogP contribution in [0.1, 0.15) is 12.8 Å². The lowest BCUT2D eigenvalue weighted by Gasteiger charge is -2.45. The van der Waals surface area contributed by atoms with E-state index in [1.807, 2.05) is 0 Å². The van der Waals surface area contributed by atoms with Crippen molar-refractivity contribution < 1.29 is 4.74 Å². The highest BCUT2D eigenvalue weighted by atomic mass is 16.5. The Bertz CT molecular complexity index is 189. The third-order valence-corrected chi connectivity index (χ3v) is 3.60. The van der Waals surface area contributed by atoms with Gasteiger partial charge in [0.1, 0.15) is 0 Å². The minimum Gasteiger partial charge on any atom is -0.378 e. The van der Waals surface area contributed by atoms with Gasteiger partial charge in [-0.3, -0.25) is 4.90 Å². The molecule has 74 valence electrons. The van der Waals surface area contributed by atoms with E-state index in [1.165, 1.54) is 25.9 Å². The molecule has 1 N–H and O–H groups in total. The predicted molar refractivity (Wildman–Crippen MR) is 50.7 cm³/mol. The Hall–Kier alpha value is -0.120. The summed E-state index contributed by atoms with van der Waals surface area (Å²) in [6.45, 7) is 5.49. The maximum Gasteiger partial charge on any atom is 0.0625 e. The van der Waals surface area contributed by atoms with Gasteiger partial charge in [0.05, 0.1) is 13.2 Å². The molecule has 2 aliphatic heterocycles. The van der Waals surface area contributed by atoms with Gasteiger partial charge >= 0.3 is 0 Å². The van der Waals surface area contributed by atoms with E-state index in [0.717, 1.165) is 37.8 Å². The quantitative estimate of drug-likeness (QED) is 0.654. The first-order valence-electron chi connectivity index (χ1n) is 5.49. The number of hydrogen-bond acceptors (Lipinski definition) is 3. The molecule has 3 aliphatic rings. The van der Waals surface area contributed by atoms with E-state index in [2.05, 4.69) is 10.2 Å². The molecule has 0 aromatic carbocycles. The third kappa shape index (κ3) is 1.49. The van der Waals surface area contributed by atoms with Crippen LogP contribution in [0.3, 0.4) is 0 Å². The maximum atomic E-state index is 5.57. The average Bonchev–Trinajstić information content (AvgIpc) is 2.85. The van der Waals surface area contributed by atoms with Crippen molar-refractivity contribution in [3.63, 3.8) is 0 Å². The molecule has 0 radical (unpaired) electrons. The molecule has 0 bridgehead atoms. The maximum absolute atomic E-state index is 5.57. The largest absolute Gasteiger partial charge is 0.378 e. The Morgan fingerprint density at radius 3 is 2.69 bits per heavy atom. The molecule has 0 amide bonds. The zero-order valence-electron chi connectivity index (χ0n) is 8.04. The lowest BCUT2D eigenvalue weighted by Crippen LogP contribution is -2.63. The van der Waals surface area contributed by atoms with Crippen LogP contribution in [0.5, 0.6) is 0 Å². The number of rotatable bonds is 2. The van der Waals surface area contributed by atoms with E-state index in [0.29, 0.717) is 0 Å². The Balaban J connectivity index is 1.66. The van der Waals surface area contributed by atoms with Crippen LogP contribution in [-0.2, 0) is 4.74 Å². The summed E-state index contributed by atoms with van der Waals surface area (Å²) in [5, 5.41) is 3.36. The van der Waals surface area contributed by atoms with Crippen LogP contribution in [0.15, 0.2) is 0 Å². The van der Waals surface area contributed by atoms with Crippen molar-refractivity contribution in [3.05, 3.63) is 0 Å². The van der Waals surface area contributed by atoms with Gasteiger partial charge in [-0.2, -0.15) is 0 Å². The van der Waals surface area contributed by atoms with Crippen LogP contribution in [0.25, 0.3) is 0 Å².